The van der Waals surface area contributed by atoms with E-state index in [9.17, 15) is 0 Å². The van der Waals surface area contributed by atoms with Crippen molar-refractivity contribution in [2.75, 3.05) is 5.32 Å². The number of aromatic nitrogens is 1. The normalized spacial score (nSPS) is 13.0. The Labute approximate surface area is 85.7 Å². The van der Waals surface area contributed by atoms with Gasteiger partial charge in [0.15, 0.2) is 0 Å². The van der Waals surface area contributed by atoms with Gasteiger partial charge in [0.2, 0.25) is 0 Å². The van der Waals surface area contributed by atoms with Crippen molar-refractivity contribution in [1.29, 1.82) is 0 Å². The van der Waals surface area contributed by atoms with Crippen LogP contribution in [0.3, 0.4) is 0 Å². The molecule has 0 aliphatic heterocycles. The molecule has 0 saturated carbocycles. The smallest absolute Gasteiger partial charge is 0.126 e. The molecule has 3 N–H and O–H groups in total. The zero-order valence-electron chi connectivity index (χ0n) is 9.33. The van der Waals surface area contributed by atoms with Crippen LogP contribution in [0.1, 0.15) is 38.1 Å². The van der Waals surface area contributed by atoms with Gasteiger partial charge in [-0.1, -0.05) is 6.07 Å². The molecule has 1 aromatic heterocycles. The Morgan fingerprint density at radius 1 is 1.29 bits per heavy atom. The minimum absolute atomic E-state index is 0.0515. The Hall–Kier alpha value is -1.09. The molecule has 0 aromatic carbocycles. The molecule has 0 bridgehead atoms. The van der Waals surface area contributed by atoms with E-state index in [1.165, 1.54) is 0 Å². The van der Waals surface area contributed by atoms with E-state index < -0.39 is 0 Å². The molecule has 1 unspecified atom stereocenters. The molecule has 1 atom stereocenters. The third-order valence-electron chi connectivity index (χ3n) is 2.05. The minimum atomic E-state index is 0.0515. The molecule has 0 amide bonds. The first kappa shape index (κ1) is 11.0. The second-order valence-electron chi connectivity index (χ2n) is 3.96. The Kier molecular flexibility index (Phi) is 3.47. The Morgan fingerprint density at radius 2 is 1.93 bits per heavy atom. The van der Waals surface area contributed by atoms with Gasteiger partial charge in [-0.2, -0.15) is 0 Å². The van der Waals surface area contributed by atoms with E-state index in [0.717, 1.165) is 17.1 Å². The van der Waals surface area contributed by atoms with Gasteiger partial charge in [-0.05, 0) is 39.3 Å². The molecule has 78 valence electrons. The minimum Gasteiger partial charge on any atom is -0.368 e. The number of nitrogens with two attached hydrogens (primary N) is 1. The van der Waals surface area contributed by atoms with E-state index in [1.54, 1.807) is 0 Å². The van der Waals surface area contributed by atoms with Crippen molar-refractivity contribution in [2.24, 2.45) is 5.73 Å². The quantitative estimate of drug-likeness (QED) is 0.774. The van der Waals surface area contributed by atoms with E-state index in [4.69, 9.17) is 5.73 Å². The topological polar surface area (TPSA) is 50.9 Å². The maximum atomic E-state index is 5.81. The maximum absolute atomic E-state index is 5.81. The van der Waals surface area contributed by atoms with Crippen LogP contribution in [-0.4, -0.2) is 11.0 Å². The number of nitrogens with one attached hydrogen (secondary N) is 1. The van der Waals surface area contributed by atoms with Crippen molar-refractivity contribution in [3.63, 3.8) is 0 Å². The summed E-state index contributed by atoms with van der Waals surface area (Å²) in [5.74, 6) is 0.918. The van der Waals surface area contributed by atoms with Crippen molar-refractivity contribution in [1.82, 2.24) is 4.98 Å². The van der Waals surface area contributed by atoms with Gasteiger partial charge in [0.1, 0.15) is 5.82 Å². The van der Waals surface area contributed by atoms with Crippen LogP contribution in [0.4, 0.5) is 5.82 Å². The highest BCUT2D eigenvalue weighted by Gasteiger charge is 2.05. The van der Waals surface area contributed by atoms with Gasteiger partial charge in [0.05, 0.1) is 0 Å². The van der Waals surface area contributed by atoms with E-state index in [0.29, 0.717) is 6.04 Å². The van der Waals surface area contributed by atoms with Crippen molar-refractivity contribution in [2.45, 2.75) is 39.8 Å². The number of hydrogen-bond donors (Lipinski definition) is 2. The van der Waals surface area contributed by atoms with Gasteiger partial charge in [-0.3, -0.25) is 0 Å². The number of rotatable bonds is 3. The highest BCUT2D eigenvalue weighted by molar-refractivity contribution is 5.39. The molecule has 0 spiro atoms. The van der Waals surface area contributed by atoms with Gasteiger partial charge >= 0.3 is 0 Å². The summed E-state index contributed by atoms with van der Waals surface area (Å²) in [6.45, 7) is 8.15. The van der Waals surface area contributed by atoms with Crippen molar-refractivity contribution in [3.8, 4) is 0 Å². The number of hydrogen-bond acceptors (Lipinski definition) is 3. The summed E-state index contributed by atoms with van der Waals surface area (Å²) in [5, 5.41) is 3.26. The fraction of sp³-hybridized carbons (Fsp3) is 0.545. The van der Waals surface area contributed by atoms with Gasteiger partial charge in [-0.25, -0.2) is 4.98 Å². The van der Waals surface area contributed by atoms with E-state index in [-0.39, 0.29) is 6.04 Å². The van der Waals surface area contributed by atoms with Gasteiger partial charge in [-0.15, -0.1) is 0 Å². The Bertz CT molecular complexity index is 305. The highest BCUT2D eigenvalue weighted by Crippen LogP contribution is 2.16. The van der Waals surface area contributed by atoms with Crippen LogP contribution >= 0.6 is 0 Å². The lowest BCUT2D eigenvalue weighted by Gasteiger charge is -2.13. The first-order chi connectivity index (χ1) is 6.50. The van der Waals surface area contributed by atoms with Crippen molar-refractivity contribution in [3.05, 3.63) is 23.4 Å². The Morgan fingerprint density at radius 3 is 2.36 bits per heavy atom. The first-order valence-corrected chi connectivity index (χ1v) is 5.00. The molecule has 3 heteroatoms. The third kappa shape index (κ3) is 2.70. The summed E-state index contributed by atoms with van der Waals surface area (Å²) in [4.78, 5) is 4.44. The molecule has 0 radical (unpaired) electrons. The van der Waals surface area contributed by atoms with Gasteiger partial charge in [0.25, 0.3) is 0 Å². The average Bonchev–Trinajstić information content (AvgIpc) is 2.01. The summed E-state index contributed by atoms with van der Waals surface area (Å²) in [6.07, 6.45) is 0. The number of aryl methyl sites for hydroxylation is 1. The molecule has 0 aliphatic rings. The van der Waals surface area contributed by atoms with Gasteiger partial charge < -0.3 is 11.1 Å². The van der Waals surface area contributed by atoms with Crippen molar-refractivity contribution < 1.29 is 0 Å². The zero-order chi connectivity index (χ0) is 10.7. The standard InChI is InChI=1S/C11H19N3/c1-7(2)13-11-6-5-10(8(3)12)9(4)14-11/h5-8H,12H2,1-4H3,(H,13,14). The molecule has 1 aromatic rings. The molecular formula is C11H19N3. The molecule has 14 heavy (non-hydrogen) atoms. The molecule has 0 fully saturated rings. The lowest BCUT2D eigenvalue weighted by molar-refractivity contribution is 0.797. The average molecular weight is 193 g/mol. The van der Waals surface area contributed by atoms with Crippen LogP contribution in [0.2, 0.25) is 0 Å². The monoisotopic (exact) mass is 193 g/mol. The summed E-state index contributed by atoms with van der Waals surface area (Å²) < 4.78 is 0. The molecule has 0 saturated heterocycles. The van der Waals surface area contributed by atoms with E-state index in [1.807, 2.05) is 26.0 Å². The van der Waals surface area contributed by atoms with Crippen LogP contribution < -0.4 is 11.1 Å². The van der Waals surface area contributed by atoms with Crippen molar-refractivity contribution >= 4 is 5.82 Å². The predicted molar refractivity (Wildman–Crippen MR) is 60.3 cm³/mol. The summed E-state index contributed by atoms with van der Waals surface area (Å²) in [7, 11) is 0. The van der Waals surface area contributed by atoms with Crippen LogP contribution in [-0.2, 0) is 0 Å². The zero-order valence-corrected chi connectivity index (χ0v) is 9.33. The lowest BCUT2D eigenvalue weighted by Crippen LogP contribution is -2.13. The van der Waals surface area contributed by atoms with Gasteiger partial charge in [0, 0.05) is 17.8 Å². The maximum Gasteiger partial charge on any atom is 0.126 e. The fourth-order valence-corrected chi connectivity index (χ4v) is 1.43. The molecule has 1 rings (SSSR count). The molecule has 1 heterocycles. The molecular weight excluding hydrogens is 174 g/mol. The molecule has 0 aliphatic carbocycles. The summed E-state index contributed by atoms with van der Waals surface area (Å²) in [6, 6.07) is 4.47. The first-order valence-electron chi connectivity index (χ1n) is 5.00. The summed E-state index contributed by atoms with van der Waals surface area (Å²) >= 11 is 0. The predicted octanol–water partition coefficient (Wildman–Crippen LogP) is 2.23. The lowest BCUT2D eigenvalue weighted by atomic mass is 10.1. The van der Waals surface area contributed by atoms with E-state index >= 15 is 0 Å². The second kappa shape index (κ2) is 4.42. The summed E-state index contributed by atoms with van der Waals surface area (Å²) in [5.41, 5.74) is 7.92. The highest BCUT2D eigenvalue weighted by atomic mass is 15.0. The largest absolute Gasteiger partial charge is 0.368 e. The van der Waals surface area contributed by atoms with Crippen LogP contribution in [0, 0.1) is 6.92 Å². The third-order valence-corrected chi connectivity index (χ3v) is 2.05. The second-order valence-corrected chi connectivity index (χ2v) is 3.96. The van der Waals surface area contributed by atoms with E-state index in [2.05, 4.69) is 24.1 Å². The van der Waals surface area contributed by atoms with Crippen LogP contribution in [0.5, 0.6) is 0 Å². The van der Waals surface area contributed by atoms with Crippen LogP contribution in [0.15, 0.2) is 12.1 Å². The number of anilines is 1. The Balaban J connectivity index is 2.89. The SMILES string of the molecule is Cc1nc(NC(C)C)ccc1C(C)N. The van der Waals surface area contributed by atoms with Crippen LogP contribution in [0.25, 0.3) is 0 Å². The number of pyridine rings is 1. The molecule has 3 nitrogen and oxygen atoms in total. The number of nitrogens with zero attached hydrogens (tertiary/aromatic N) is 1. The fourth-order valence-electron chi connectivity index (χ4n) is 1.43.